The van der Waals surface area contributed by atoms with Crippen LogP contribution in [0.25, 0.3) is 17.2 Å². The van der Waals surface area contributed by atoms with Crippen LogP contribution in [0.4, 0.5) is 4.79 Å². The first-order chi connectivity index (χ1) is 12.0. The molecule has 2 N–H and O–H groups in total. The Labute approximate surface area is 148 Å². The summed E-state index contributed by atoms with van der Waals surface area (Å²) in [5.41, 5.74) is 3.92. The molecule has 2 aromatic rings. The van der Waals surface area contributed by atoms with Crippen molar-refractivity contribution in [3.63, 3.8) is 0 Å². The summed E-state index contributed by atoms with van der Waals surface area (Å²) in [6, 6.07) is 19.2. The van der Waals surface area contributed by atoms with Crippen LogP contribution in [0, 0.1) is 5.41 Å². The lowest BCUT2D eigenvalue weighted by Gasteiger charge is -2.21. The Morgan fingerprint density at radius 1 is 0.960 bits per heavy atom. The lowest BCUT2D eigenvalue weighted by atomic mass is 9.83. The van der Waals surface area contributed by atoms with Crippen molar-refractivity contribution >= 4 is 12.2 Å². The second-order valence-electron chi connectivity index (χ2n) is 6.10. The van der Waals surface area contributed by atoms with E-state index in [9.17, 15) is 0 Å². The Hall–Kier alpha value is -3.07. The van der Waals surface area contributed by atoms with Gasteiger partial charge in [-0.1, -0.05) is 98.0 Å². The molecule has 0 radical (unpaired) electrons. The molecule has 1 unspecified atom stereocenters. The van der Waals surface area contributed by atoms with Gasteiger partial charge in [-0.3, -0.25) is 0 Å². The largest absolute Gasteiger partial charge is 0.503 e. The van der Waals surface area contributed by atoms with Crippen LogP contribution in [0.1, 0.15) is 18.9 Å². The summed E-state index contributed by atoms with van der Waals surface area (Å²) in [5, 5.41) is 13.9. The van der Waals surface area contributed by atoms with Gasteiger partial charge in [0.05, 0.1) is 0 Å². The normalized spacial score (nSPS) is 18.6. The third-order valence-electron chi connectivity index (χ3n) is 3.96. The molecular weight excluding hydrogens is 312 g/mol. The van der Waals surface area contributed by atoms with E-state index in [0.717, 1.165) is 6.42 Å². The third kappa shape index (κ3) is 6.15. The van der Waals surface area contributed by atoms with Crippen molar-refractivity contribution in [3.05, 3.63) is 90.5 Å². The zero-order valence-corrected chi connectivity index (χ0v) is 14.2. The van der Waals surface area contributed by atoms with Crippen LogP contribution >= 0.6 is 0 Å². The van der Waals surface area contributed by atoms with Crippen molar-refractivity contribution in [1.29, 1.82) is 0 Å². The molecule has 0 aliphatic heterocycles. The highest BCUT2D eigenvalue weighted by Crippen LogP contribution is 2.29. The maximum absolute atomic E-state index is 8.56. The SMILES string of the molecule is CC1(C=Cc2ccc(-c3ccccc3)cc2)C=CC=CC1.O=C(O)O. The third-order valence-corrected chi connectivity index (χ3v) is 3.96. The first-order valence-corrected chi connectivity index (χ1v) is 8.09. The molecule has 0 amide bonds. The quantitative estimate of drug-likeness (QED) is 0.712. The molecule has 1 aliphatic rings. The van der Waals surface area contributed by atoms with E-state index >= 15 is 0 Å². The van der Waals surface area contributed by atoms with Gasteiger partial charge in [-0.15, -0.1) is 0 Å². The minimum Gasteiger partial charge on any atom is -0.450 e. The summed E-state index contributed by atoms with van der Waals surface area (Å²) < 4.78 is 0. The highest BCUT2D eigenvalue weighted by molar-refractivity contribution is 5.65. The molecule has 0 fully saturated rings. The molecule has 128 valence electrons. The van der Waals surface area contributed by atoms with Crippen LogP contribution in [0.15, 0.2) is 85.0 Å². The van der Waals surface area contributed by atoms with Gasteiger partial charge in [0.15, 0.2) is 0 Å². The predicted molar refractivity (Wildman–Crippen MR) is 103 cm³/mol. The second-order valence-corrected chi connectivity index (χ2v) is 6.10. The highest BCUT2D eigenvalue weighted by atomic mass is 16.6. The molecule has 2 aromatic carbocycles. The molecule has 0 bridgehead atoms. The van der Waals surface area contributed by atoms with Crippen LogP contribution in [0.5, 0.6) is 0 Å². The number of allylic oxidation sites excluding steroid dienone is 5. The minimum absolute atomic E-state index is 0.146. The van der Waals surface area contributed by atoms with Gasteiger partial charge < -0.3 is 10.2 Å². The van der Waals surface area contributed by atoms with E-state index in [1.54, 1.807) is 0 Å². The van der Waals surface area contributed by atoms with E-state index in [-0.39, 0.29) is 5.41 Å². The minimum atomic E-state index is -1.83. The summed E-state index contributed by atoms with van der Waals surface area (Å²) in [6.07, 6.45) is 12.5. The molecule has 25 heavy (non-hydrogen) atoms. The van der Waals surface area contributed by atoms with E-state index in [2.05, 4.69) is 91.9 Å². The Balaban J connectivity index is 0.000000511. The van der Waals surface area contributed by atoms with Crippen LogP contribution in [0.3, 0.4) is 0 Å². The van der Waals surface area contributed by atoms with Crippen LogP contribution < -0.4 is 0 Å². The van der Waals surface area contributed by atoms with Gasteiger partial charge in [0.25, 0.3) is 0 Å². The topological polar surface area (TPSA) is 57.5 Å². The second kappa shape index (κ2) is 8.69. The van der Waals surface area contributed by atoms with Crippen molar-refractivity contribution in [1.82, 2.24) is 0 Å². The molecule has 0 aromatic heterocycles. The summed E-state index contributed by atoms with van der Waals surface area (Å²) in [6.45, 7) is 2.27. The maximum Gasteiger partial charge on any atom is 0.503 e. The van der Waals surface area contributed by atoms with Crippen LogP contribution in [0.2, 0.25) is 0 Å². The van der Waals surface area contributed by atoms with E-state index in [0.29, 0.717) is 0 Å². The van der Waals surface area contributed by atoms with Gasteiger partial charge >= 0.3 is 6.16 Å². The molecule has 0 spiro atoms. The fourth-order valence-electron chi connectivity index (χ4n) is 2.57. The Kier molecular flexibility index (Phi) is 6.35. The summed E-state index contributed by atoms with van der Waals surface area (Å²) in [5.74, 6) is 0. The van der Waals surface area contributed by atoms with Gasteiger partial charge in [0.1, 0.15) is 0 Å². The van der Waals surface area contributed by atoms with Crippen LogP contribution in [-0.2, 0) is 0 Å². The van der Waals surface area contributed by atoms with E-state index in [1.807, 2.05) is 6.07 Å². The molecule has 3 rings (SSSR count). The van der Waals surface area contributed by atoms with Crippen molar-refractivity contribution in [2.24, 2.45) is 5.41 Å². The number of carboxylic acid groups (broad SMARTS) is 2. The smallest absolute Gasteiger partial charge is 0.450 e. The van der Waals surface area contributed by atoms with Gasteiger partial charge in [-0.2, -0.15) is 0 Å². The Bertz CT molecular complexity index is 767. The van der Waals surface area contributed by atoms with Crippen molar-refractivity contribution < 1.29 is 15.0 Å². The number of carbonyl (C=O) groups is 1. The number of benzene rings is 2. The number of rotatable bonds is 3. The standard InChI is InChI=1S/C21H20.CH2O3/c1-21(15-6-3-7-16-21)17-14-18-10-12-20(13-11-18)19-8-4-2-5-9-19;2-1(3)4/h2-15,17H,16H2,1H3;(H2,2,3,4). The van der Waals surface area contributed by atoms with E-state index in [4.69, 9.17) is 15.0 Å². The fourth-order valence-corrected chi connectivity index (χ4v) is 2.57. The summed E-state index contributed by atoms with van der Waals surface area (Å²) in [7, 11) is 0. The molecule has 0 heterocycles. The van der Waals surface area contributed by atoms with E-state index in [1.165, 1.54) is 16.7 Å². The van der Waals surface area contributed by atoms with Crippen molar-refractivity contribution in [2.75, 3.05) is 0 Å². The lowest BCUT2D eigenvalue weighted by molar-refractivity contribution is 0.137. The van der Waals surface area contributed by atoms with Crippen molar-refractivity contribution in [2.45, 2.75) is 13.3 Å². The lowest BCUT2D eigenvalue weighted by Crippen LogP contribution is -2.09. The molecule has 1 aliphatic carbocycles. The van der Waals surface area contributed by atoms with Gasteiger partial charge in [0, 0.05) is 5.41 Å². The maximum atomic E-state index is 8.56. The molecule has 0 saturated heterocycles. The molecule has 1 atom stereocenters. The Morgan fingerprint density at radius 2 is 1.56 bits per heavy atom. The molecule has 0 saturated carbocycles. The monoisotopic (exact) mass is 334 g/mol. The van der Waals surface area contributed by atoms with E-state index < -0.39 is 6.16 Å². The summed E-state index contributed by atoms with van der Waals surface area (Å²) >= 11 is 0. The molecule has 3 nitrogen and oxygen atoms in total. The zero-order valence-electron chi connectivity index (χ0n) is 14.2. The first kappa shape index (κ1) is 18.3. The van der Waals surface area contributed by atoms with Crippen LogP contribution in [-0.4, -0.2) is 16.4 Å². The molecule has 3 heteroatoms. The Morgan fingerprint density at radius 3 is 2.12 bits per heavy atom. The number of hydrogen-bond acceptors (Lipinski definition) is 1. The fraction of sp³-hybridized carbons (Fsp3) is 0.136. The predicted octanol–water partition coefficient (Wildman–Crippen LogP) is 6.11. The van der Waals surface area contributed by atoms with Gasteiger partial charge in [0.2, 0.25) is 0 Å². The highest BCUT2D eigenvalue weighted by Gasteiger charge is 2.16. The first-order valence-electron chi connectivity index (χ1n) is 8.09. The average Bonchev–Trinajstić information content (AvgIpc) is 2.61. The van der Waals surface area contributed by atoms with Gasteiger partial charge in [-0.25, -0.2) is 4.79 Å². The summed E-state index contributed by atoms with van der Waals surface area (Å²) in [4.78, 5) is 8.56. The van der Waals surface area contributed by atoms with Gasteiger partial charge in [-0.05, 0) is 23.1 Å². The van der Waals surface area contributed by atoms with Crippen molar-refractivity contribution in [3.8, 4) is 11.1 Å². The average molecular weight is 334 g/mol. The zero-order chi connectivity index (χ0) is 18.1. The molecular formula is C22H22O3. The number of hydrogen-bond donors (Lipinski definition) is 2.